The summed E-state index contributed by atoms with van der Waals surface area (Å²) in [5, 5.41) is 18.6. The Bertz CT molecular complexity index is 758. The zero-order valence-corrected chi connectivity index (χ0v) is 12.3. The van der Waals surface area contributed by atoms with Crippen LogP contribution in [0.5, 0.6) is 0 Å². The number of nitrogens with two attached hydrogens (primary N) is 1. The van der Waals surface area contributed by atoms with Gasteiger partial charge in [-0.05, 0) is 30.2 Å². The standard InChI is InChI=1S/C13H14N4O4S/c14-22(20,21)12-4-1-10(2-5-12)7-8-15-13-6-3-11(9-16-13)17(18)19/h1-6,9H,7-8H2,(H,15,16)(H2,14,20,21). The van der Waals surface area contributed by atoms with Crippen LogP contribution in [0.2, 0.25) is 0 Å². The van der Waals surface area contributed by atoms with Gasteiger partial charge in [0.1, 0.15) is 12.0 Å². The molecule has 1 heterocycles. The minimum absolute atomic E-state index is 0.0656. The molecular formula is C13H14N4O4S. The molecular weight excluding hydrogens is 308 g/mol. The van der Waals surface area contributed by atoms with E-state index in [1.165, 1.54) is 30.5 Å². The molecule has 0 aliphatic heterocycles. The molecule has 8 nitrogen and oxygen atoms in total. The number of hydrogen-bond acceptors (Lipinski definition) is 6. The van der Waals surface area contributed by atoms with Crippen molar-refractivity contribution in [2.24, 2.45) is 5.14 Å². The van der Waals surface area contributed by atoms with Gasteiger partial charge in [0, 0.05) is 12.6 Å². The van der Waals surface area contributed by atoms with E-state index in [4.69, 9.17) is 5.14 Å². The lowest BCUT2D eigenvalue weighted by atomic mass is 10.1. The van der Waals surface area contributed by atoms with E-state index in [1.807, 2.05) is 0 Å². The quantitative estimate of drug-likeness (QED) is 0.609. The average Bonchev–Trinajstić information content (AvgIpc) is 2.47. The topological polar surface area (TPSA) is 128 Å². The molecule has 2 rings (SSSR count). The van der Waals surface area contributed by atoms with E-state index in [2.05, 4.69) is 10.3 Å². The fourth-order valence-electron chi connectivity index (χ4n) is 1.78. The third-order valence-electron chi connectivity index (χ3n) is 2.93. The van der Waals surface area contributed by atoms with E-state index in [-0.39, 0.29) is 10.6 Å². The van der Waals surface area contributed by atoms with Gasteiger partial charge in [-0.25, -0.2) is 18.5 Å². The van der Waals surface area contributed by atoms with Crippen molar-refractivity contribution < 1.29 is 13.3 Å². The number of nitro groups is 1. The van der Waals surface area contributed by atoms with Crippen molar-refractivity contribution >= 4 is 21.5 Å². The number of nitrogens with zero attached hydrogens (tertiary/aromatic N) is 2. The fraction of sp³-hybridized carbons (Fsp3) is 0.154. The van der Waals surface area contributed by atoms with E-state index in [0.29, 0.717) is 18.8 Å². The molecule has 2 aromatic rings. The molecule has 22 heavy (non-hydrogen) atoms. The second kappa shape index (κ2) is 6.50. The molecule has 116 valence electrons. The smallest absolute Gasteiger partial charge is 0.287 e. The number of anilines is 1. The van der Waals surface area contributed by atoms with E-state index in [9.17, 15) is 18.5 Å². The summed E-state index contributed by atoms with van der Waals surface area (Å²) in [5.41, 5.74) is 0.867. The molecule has 0 saturated heterocycles. The van der Waals surface area contributed by atoms with Crippen LogP contribution in [0.4, 0.5) is 11.5 Å². The Balaban J connectivity index is 1.89. The van der Waals surface area contributed by atoms with Crippen LogP contribution in [-0.2, 0) is 16.4 Å². The predicted molar refractivity (Wildman–Crippen MR) is 80.9 cm³/mol. The number of aromatic nitrogens is 1. The summed E-state index contributed by atoms with van der Waals surface area (Å²) in [7, 11) is -3.67. The third-order valence-corrected chi connectivity index (χ3v) is 3.86. The van der Waals surface area contributed by atoms with Crippen LogP contribution in [0, 0.1) is 10.1 Å². The Morgan fingerprint density at radius 3 is 2.36 bits per heavy atom. The van der Waals surface area contributed by atoms with Crippen LogP contribution in [-0.4, -0.2) is 24.9 Å². The SMILES string of the molecule is NS(=O)(=O)c1ccc(CCNc2ccc([N+](=O)[O-])cn2)cc1. The van der Waals surface area contributed by atoms with Gasteiger partial charge in [-0.15, -0.1) is 0 Å². The molecule has 0 aliphatic rings. The van der Waals surface area contributed by atoms with E-state index in [0.717, 1.165) is 5.56 Å². The van der Waals surface area contributed by atoms with Crippen LogP contribution < -0.4 is 10.5 Å². The van der Waals surface area contributed by atoms with Crippen LogP contribution in [0.1, 0.15) is 5.56 Å². The molecule has 0 amide bonds. The normalized spacial score (nSPS) is 11.1. The molecule has 0 aliphatic carbocycles. The van der Waals surface area contributed by atoms with Crippen molar-refractivity contribution in [2.45, 2.75) is 11.3 Å². The Kier molecular flexibility index (Phi) is 4.68. The maximum Gasteiger partial charge on any atom is 0.287 e. The molecule has 1 aromatic carbocycles. The molecule has 0 saturated carbocycles. The Labute approximate surface area is 127 Å². The van der Waals surface area contributed by atoms with Crippen molar-refractivity contribution in [3.8, 4) is 0 Å². The number of nitrogens with one attached hydrogen (secondary N) is 1. The van der Waals surface area contributed by atoms with Gasteiger partial charge in [-0.1, -0.05) is 12.1 Å². The van der Waals surface area contributed by atoms with E-state index >= 15 is 0 Å². The summed E-state index contributed by atoms with van der Waals surface area (Å²) in [6.45, 7) is 0.555. The molecule has 0 spiro atoms. The first-order valence-electron chi connectivity index (χ1n) is 6.32. The summed E-state index contributed by atoms with van der Waals surface area (Å²) >= 11 is 0. The van der Waals surface area contributed by atoms with Gasteiger partial charge in [-0.2, -0.15) is 0 Å². The minimum atomic E-state index is -3.67. The Morgan fingerprint density at radius 1 is 1.18 bits per heavy atom. The van der Waals surface area contributed by atoms with Crippen molar-refractivity contribution in [3.63, 3.8) is 0 Å². The first kappa shape index (κ1) is 15.9. The number of sulfonamides is 1. The molecule has 0 atom stereocenters. The van der Waals surface area contributed by atoms with Gasteiger partial charge in [0.05, 0.1) is 9.82 Å². The lowest BCUT2D eigenvalue weighted by molar-refractivity contribution is -0.385. The van der Waals surface area contributed by atoms with Crippen LogP contribution >= 0.6 is 0 Å². The van der Waals surface area contributed by atoms with Crippen molar-refractivity contribution in [1.82, 2.24) is 4.98 Å². The maximum absolute atomic E-state index is 11.1. The van der Waals surface area contributed by atoms with Crippen LogP contribution in [0.15, 0.2) is 47.5 Å². The van der Waals surface area contributed by atoms with Crippen molar-refractivity contribution in [2.75, 3.05) is 11.9 Å². The highest BCUT2D eigenvalue weighted by molar-refractivity contribution is 7.89. The average molecular weight is 322 g/mol. The summed E-state index contributed by atoms with van der Waals surface area (Å²) < 4.78 is 22.3. The Hall–Kier alpha value is -2.52. The summed E-state index contributed by atoms with van der Waals surface area (Å²) in [5.74, 6) is 0.534. The number of benzene rings is 1. The summed E-state index contributed by atoms with van der Waals surface area (Å²) in [6, 6.07) is 9.18. The first-order chi connectivity index (χ1) is 10.4. The van der Waals surface area contributed by atoms with Gasteiger partial charge in [-0.3, -0.25) is 10.1 Å². The Morgan fingerprint density at radius 2 is 1.86 bits per heavy atom. The molecule has 0 bridgehead atoms. The number of primary sulfonamides is 1. The molecule has 0 fully saturated rings. The monoisotopic (exact) mass is 322 g/mol. The fourth-order valence-corrected chi connectivity index (χ4v) is 2.29. The summed E-state index contributed by atoms with van der Waals surface area (Å²) in [4.78, 5) is 14.0. The lowest BCUT2D eigenvalue weighted by Crippen LogP contribution is -2.12. The summed E-state index contributed by atoms with van der Waals surface area (Å²) in [6.07, 6.45) is 1.83. The maximum atomic E-state index is 11.1. The van der Waals surface area contributed by atoms with E-state index in [1.54, 1.807) is 12.1 Å². The first-order valence-corrected chi connectivity index (χ1v) is 7.87. The van der Waals surface area contributed by atoms with Gasteiger partial charge >= 0.3 is 0 Å². The van der Waals surface area contributed by atoms with Crippen molar-refractivity contribution in [3.05, 3.63) is 58.3 Å². The second-order valence-electron chi connectivity index (χ2n) is 4.52. The third kappa shape index (κ3) is 4.24. The highest BCUT2D eigenvalue weighted by Gasteiger charge is 2.07. The van der Waals surface area contributed by atoms with Crippen LogP contribution in [0.3, 0.4) is 0 Å². The van der Waals surface area contributed by atoms with Gasteiger partial charge in [0.2, 0.25) is 10.0 Å². The minimum Gasteiger partial charge on any atom is -0.370 e. The second-order valence-corrected chi connectivity index (χ2v) is 6.09. The highest BCUT2D eigenvalue weighted by Crippen LogP contribution is 2.12. The van der Waals surface area contributed by atoms with E-state index < -0.39 is 14.9 Å². The molecule has 1 aromatic heterocycles. The van der Waals surface area contributed by atoms with Crippen LogP contribution in [0.25, 0.3) is 0 Å². The number of rotatable bonds is 6. The zero-order valence-electron chi connectivity index (χ0n) is 11.5. The number of pyridine rings is 1. The highest BCUT2D eigenvalue weighted by atomic mass is 32.2. The molecule has 0 unspecified atom stereocenters. The zero-order chi connectivity index (χ0) is 16.2. The lowest BCUT2D eigenvalue weighted by Gasteiger charge is -2.06. The predicted octanol–water partition coefficient (Wildman–Crippen LogP) is 1.29. The van der Waals surface area contributed by atoms with Crippen molar-refractivity contribution in [1.29, 1.82) is 0 Å². The largest absolute Gasteiger partial charge is 0.370 e. The van der Waals surface area contributed by atoms with Gasteiger partial charge in [0.25, 0.3) is 5.69 Å². The molecule has 9 heteroatoms. The van der Waals surface area contributed by atoms with Gasteiger partial charge < -0.3 is 5.32 Å². The molecule has 3 N–H and O–H groups in total. The number of hydrogen-bond donors (Lipinski definition) is 2. The molecule has 0 radical (unpaired) electrons. The van der Waals surface area contributed by atoms with Gasteiger partial charge in [0.15, 0.2) is 0 Å².